The smallest absolute Gasteiger partial charge is 0.0237 e. The Morgan fingerprint density at radius 3 is 1.33 bits per heavy atom. The van der Waals surface area contributed by atoms with Gasteiger partial charge in [0, 0.05) is 12.1 Å². The number of nitrogens with two attached hydrogens (primary N) is 2. The Bertz CT molecular complexity index is 428. The van der Waals surface area contributed by atoms with E-state index in [2.05, 4.69) is 48.1 Å². The fraction of sp³-hybridized carbons (Fsp3) is 1.00. The predicted octanol–water partition coefficient (Wildman–Crippen LogP) is 4.43. The number of hydrogen-bond donors (Lipinski definition) is 4. The van der Waals surface area contributed by atoms with Gasteiger partial charge in [0.25, 0.3) is 0 Å². The summed E-state index contributed by atoms with van der Waals surface area (Å²) in [6.45, 7) is 20.2. The molecule has 216 valence electrons. The van der Waals surface area contributed by atoms with Crippen molar-refractivity contribution >= 4 is 0 Å². The van der Waals surface area contributed by atoms with Gasteiger partial charge in [-0.25, -0.2) is 0 Å². The molecule has 4 unspecified atom stereocenters. The van der Waals surface area contributed by atoms with Crippen LogP contribution < -0.4 is 22.1 Å². The zero-order chi connectivity index (χ0) is 26.4. The molecule has 0 aromatic carbocycles. The Hall–Kier alpha value is -0.240. The van der Waals surface area contributed by atoms with Crippen LogP contribution in [0.1, 0.15) is 105 Å². The zero-order valence-corrected chi connectivity index (χ0v) is 24.9. The molecule has 2 aliphatic carbocycles. The molecule has 36 heavy (non-hydrogen) atoms. The maximum Gasteiger partial charge on any atom is 0.0237 e. The third-order valence-electron chi connectivity index (χ3n) is 8.32. The SMILES string of the molecule is CCN(CC)CCCNC1CC1NCCCN(CC)CC.NCCCCCC1CC1CCCCCN. The Balaban J connectivity index is 0.000000381. The Labute approximate surface area is 226 Å². The molecule has 0 aromatic heterocycles. The first kappa shape index (κ1) is 33.8. The summed E-state index contributed by atoms with van der Waals surface area (Å²) in [5.74, 6) is 2.14. The second-order valence-electron chi connectivity index (χ2n) is 11.1. The molecule has 0 bridgehead atoms. The molecule has 2 saturated carbocycles. The van der Waals surface area contributed by atoms with Crippen molar-refractivity contribution in [3.8, 4) is 0 Å². The molecule has 2 aliphatic rings. The largest absolute Gasteiger partial charge is 0.330 e. The average Bonchev–Trinajstić information content (AvgIpc) is 3.82. The molecular weight excluding hydrogens is 444 g/mol. The van der Waals surface area contributed by atoms with Gasteiger partial charge in [-0.3, -0.25) is 0 Å². The fourth-order valence-corrected chi connectivity index (χ4v) is 5.38. The van der Waals surface area contributed by atoms with Gasteiger partial charge < -0.3 is 31.9 Å². The van der Waals surface area contributed by atoms with Crippen LogP contribution in [-0.2, 0) is 0 Å². The predicted molar refractivity (Wildman–Crippen MR) is 160 cm³/mol. The van der Waals surface area contributed by atoms with Crippen LogP contribution in [0.15, 0.2) is 0 Å². The van der Waals surface area contributed by atoms with Crippen molar-refractivity contribution in [3.63, 3.8) is 0 Å². The minimum atomic E-state index is 0.732. The van der Waals surface area contributed by atoms with Crippen LogP contribution in [0, 0.1) is 11.8 Å². The van der Waals surface area contributed by atoms with Gasteiger partial charge >= 0.3 is 0 Å². The summed E-state index contributed by atoms with van der Waals surface area (Å²) in [5, 5.41) is 7.37. The van der Waals surface area contributed by atoms with Crippen molar-refractivity contribution in [1.82, 2.24) is 20.4 Å². The Morgan fingerprint density at radius 2 is 0.972 bits per heavy atom. The van der Waals surface area contributed by atoms with Crippen molar-refractivity contribution < 1.29 is 0 Å². The number of nitrogens with zero attached hydrogens (tertiary/aromatic N) is 2. The normalized spacial score (nSPS) is 22.7. The number of unbranched alkanes of at least 4 members (excludes halogenated alkanes) is 4. The zero-order valence-electron chi connectivity index (χ0n) is 24.9. The van der Waals surface area contributed by atoms with E-state index in [0.717, 1.165) is 37.0 Å². The fourth-order valence-electron chi connectivity index (χ4n) is 5.38. The molecule has 6 heteroatoms. The van der Waals surface area contributed by atoms with E-state index < -0.39 is 0 Å². The minimum absolute atomic E-state index is 0.732. The molecule has 0 aliphatic heterocycles. The summed E-state index contributed by atoms with van der Waals surface area (Å²) in [6, 6.07) is 1.46. The van der Waals surface area contributed by atoms with Gasteiger partial charge in [0.1, 0.15) is 0 Å². The van der Waals surface area contributed by atoms with E-state index in [-0.39, 0.29) is 0 Å². The summed E-state index contributed by atoms with van der Waals surface area (Å²) in [7, 11) is 0. The highest BCUT2D eigenvalue weighted by Gasteiger charge is 2.36. The first-order chi connectivity index (χ1) is 17.6. The van der Waals surface area contributed by atoms with E-state index in [1.54, 1.807) is 0 Å². The van der Waals surface area contributed by atoms with Gasteiger partial charge in [0.2, 0.25) is 0 Å². The molecule has 0 heterocycles. The first-order valence-electron chi connectivity index (χ1n) is 15.9. The summed E-state index contributed by atoms with van der Waals surface area (Å²) >= 11 is 0. The van der Waals surface area contributed by atoms with Gasteiger partial charge in [-0.05, 0) is 116 Å². The van der Waals surface area contributed by atoms with Crippen molar-refractivity contribution in [1.29, 1.82) is 0 Å². The highest BCUT2D eigenvalue weighted by molar-refractivity contribution is 4.99. The van der Waals surface area contributed by atoms with Crippen LogP contribution in [0.5, 0.6) is 0 Å². The van der Waals surface area contributed by atoms with Crippen molar-refractivity contribution in [3.05, 3.63) is 0 Å². The van der Waals surface area contributed by atoms with Crippen LogP contribution >= 0.6 is 0 Å². The van der Waals surface area contributed by atoms with E-state index >= 15 is 0 Å². The lowest BCUT2D eigenvalue weighted by molar-refractivity contribution is 0.296. The highest BCUT2D eigenvalue weighted by Crippen LogP contribution is 2.45. The maximum absolute atomic E-state index is 5.47. The molecule has 0 amide bonds. The van der Waals surface area contributed by atoms with E-state index in [9.17, 15) is 0 Å². The van der Waals surface area contributed by atoms with Crippen LogP contribution in [-0.4, -0.2) is 87.3 Å². The van der Waals surface area contributed by atoms with Crippen molar-refractivity contribution in [2.75, 3.05) is 65.4 Å². The topological polar surface area (TPSA) is 82.6 Å². The van der Waals surface area contributed by atoms with E-state index in [0.29, 0.717) is 0 Å². The number of rotatable bonds is 24. The third kappa shape index (κ3) is 17.3. The molecular formula is C30H66N6. The van der Waals surface area contributed by atoms with Crippen LogP contribution in [0.2, 0.25) is 0 Å². The van der Waals surface area contributed by atoms with Crippen LogP contribution in [0.25, 0.3) is 0 Å². The van der Waals surface area contributed by atoms with Gasteiger partial charge in [-0.1, -0.05) is 66.2 Å². The Morgan fingerprint density at radius 1 is 0.556 bits per heavy atom. The summed E-state index contributed by atoms with van der Waals surface area (Å²) in [5.41, 5.74) is 10.9. The summed E-state index contributed by atoms with van der Waals surface area (Å²) < 4.78 is 0. The Kier molecular flexibility index (Phi) is 21.3. The molecule has 2 fully saturated rings. The summed E-state index contributed by atoms with van der Waals surface area (Å²) in [6.07, 6.45) is 16.2. The van der Waals surface area contributed by atoms with Crippen molar-refractivity contribution in [2.45, 2.75) is 117 Å². The van der Waals surface area contributed by atoms with E-state index in [1.165, 1.54) is 129 Å². The van der Waals surface area contributed by atoms with E-state index in [1.807, 2.05) is 0 Å². The molecule has 0 radical (unpaired) electrons. The van der Waals surface area contributed by atoms with Crippen LogP contribution in [0.4, 0.5) is 0 Å². The molecule has 0 saturated heterocycles. The lowest BCUT2D eigenvalue weighted by Crippen LogP contribution is -2.32. The summed E-state index contributed by atoms with van der Waals surface area (Å²) in [4.78, 5) is 5.00. The molecule has 4 atom stereocenters. The monoisotopic (exact) mass is 511 g/mol. The van der Waals surface area contributed by atoms with Gasteiger partial charge in [-0.15, -0.1) is 0 Å². The molecule has 2 rings (SSSR count). The molecule has 6 N–H and O–H groups in total. The van der Waals surface area contributed by atoms with Gasteiger partial charge in [0.05, 0.1) is 0 Å². The average molecular weight is 511 g/mol. The quantitative estimate of drug-likeness (QED) is 0.144. The number of nitrogens with one attached hydrogen (secondary N) is 2. The molecule has 0 aromatic rings. The van der Waals surface area contributed by atoms with Gasteiger partial charge in [0.15, 0.2) is 0 Å². The lowest BCUT2D eigenvalue weighted by atomic mass is 10.1. The third-order valence-corrected chi connectivity index (χ3v) is 8.32. The van der Waals surface area contributed by atoms with Gasteiger partial charge in [-0.2, -0.15) is 0 Å². The highest BCUT2D eigenvalue weighted by atomic mass is 15.1. The number of hydrogen-bond acceptors (Lipinski definition) is 6. The van der Waals surface area contributed by atoms with Crippen molar-refractivity contribution in [2.24, 2.45) is 23.3 Å². The second-order valence-corrected chi connectivity index (χ2v) is 11.1. The molecule has 0 spiro atoms. The first-order valence-corrected chi connectivity index (χ1v) is 15.9. The van der Waals surface area contributed by atoms with E-state index in [4.69, 9.17) is 11.5 Å². The lowest BCUT2D eigenvalue weighted by Gasteiger charge is -2.18. The second kappa shape index (κ2) is 22.7. The minimum Gasteiger partial charge on any atom is -0.330 e. The maximum atomic E-state index is 5.47. The van der Waals surface area contributed by atoms with Crippen LogP contribution in [0.3, 0.4) is 0 Å². The standard InChI is InChI=1S/C17H38N4.C13H28N2/c1-5-20(6-2)13-9-11-18-16-15-17(16)19-12-10-14-21(7-3)8-4;14-9-5-1-3-7-12-11-13(12)8-4-2-6-10-15/h16-19H,5-15H2,1-4H3;12-13H,1-11,14-15H2. The molecule has 6 nitrogen and oxygen atoms in total.